The van der Waals surface area contributed by atoms with Crippen LogP contribution >= 0.6 is 0 Å². The average Bonchev–Trinajstić information content (AvgIpc) is 2.32. The van der Waals surface area contributed by atoms with Crippen molar-refractivity contribution in [2.75, 3.05) is 13.2 Å². The third kappa shape index (κ3) is 4.65. The topological polar surface area (TPSA) is 45.0 Å². The summed E-state index contributed by atoms with van der Waals surface area (Å²) in [5.41, 5.74) is -0.438. The van der Waals surface area contributed by atoms with Crippen LogP contribution in [0.2, 0.25) is 0 Å². The second kappa shape index (κ2) is 6.98. The van der Waals surface area contributed by atoms with Gasteiger partial charge in [0, 0.05) is 13.0 Å². The maximum atomic E-state index is 9.14. The fraction of sp³-hybridized carbons (Fsp3) is 0.929. The van der Waals surface area contributed by atoms with E-state index in [1.807, 2.05) is 13.8 Å². The summed E-state index contributed by atoms with van der Waals surface area (Å²) in [5.74, 6) is 0.677. The summed E-state index contributed by atoms with van der Waals surface area (Å²) in [5, 5.41) is 12.4. The first-order chi connectivity index (χ1) is 8.11. The van der Waals surface area contributed by atoms with Gasteiger partial charge in [0.1, 0.15) is 5.54 Å². The number of nitrogens with one attached hydrogen (secondary N) is 1. The van der Waals surface area contributed by atoms with Crippen LogP contribution in [0.15, 0.2) is 0 Å². The Kier molecular flexibility index (Phi) is 5.94. The molecule has 1 rings (SSSR count). The lowest BCUT2D eigenvalue weighted by atomic mass is 9.88. The van der Waals surface area contributed by atoms with E-state index in [1.165, 1.54) is 25.7 Å². The zero-order valence-electron chi connectivity index (χ0n) is 11.5. The molecule has 3 unspecified atom stereocenters. The van der Waals surface area contributed by atoms with Crippen molar-refractivity contribution in [2.24, 2.45) is 5.92 Å². The van der Waals surface area contributed by atoms with Crippen molar-refractivity contribution in [3.8, 4) is 6.07 Å². The molecule has 0 aromatic carbocycles. The SMILES string of the molecule is CCNC(C)(C#N)CCOC1CCCCC1C. The lowest BCUT2D eigenvalue weighted by molar-refractivity contribution is -0.0106. The Hall–Kier alpha value is -0.590. The van der Waals surface area contributed by atoms with E-state index in [0.29, 0.717) is 18.6 Å². The number of ether oxygens (including phenoxy) is 1. The van der Waals surface area contributed by atoms with Crippen LogP contribution in [-0.2, 0) is 4.74 Å². The molecule has 98 valence electrons. The molecule has 17 heavy (non-hydrogen) atoms. The van der Waals surface area contributed by atoms with Crippen LogP contribution < -0.4 is 5.32 Å². The van der Waals surface area contributed by atoms with Gasteiger partial charge in [-0.25, -0.2) is 0 Å². The smallest absolute Gasteiger partial charge is 0.106 e. The van der Waals surface area contributed by atoms with Crippen molar-refractivity contribution in [1.82, 2.24) is 5.32 Å². The number of nitrogens with zero attached hydrogens (tertiary/aromatic N) is 1. The molecule has 0 radical (unpaired) electrons. The fourth-order valence-electron chi connectivity index (χ4n) is 2.52. The molecule has 0 aromatic heterocycles. The van der Waals surface area contributed by atoms with E-state index in [0.717, 1.165) is 13.0 Å². The maximum absolute atomic E-state index is 9.14. The molecule has 0 saturated heterocycles. The molecule has 0 bridgehead atoms. The minimum atomic E-state index is -0.438. The van der Waals surface area contributed by atoms with E-state index in [9.17, 15) is 0 Å². The number of rotatable bonds is 6. The molecule has 1 saturated carbocycles. The largest absolute Gasteiger partial charge is 0.378 e. The summed E-state index contributed by atoms with van der Waals surface area (Å²) < 4.78 is 5.95. The van der Waals surface area contributed by atoms with Crippen molar-refractivity contribution in [2.45, 2.75) is 64.5 Å². The van der Waals surface area contributed by atoms with Crippen LogP contribution in [-0.4, -0.2) is 24.8 Å². The van der Waals surface area contributed by atoms with Gasteiger partial charge in [-0.1, -0.05) is 26.7 Å². The highest BCUT2D eigenvalue weighted by molar-refractivity contribution is 5.03. The van der Waals surface area contributed by atoms with Gasteiger partial charge in [-0.05, 0) is 32.2 Å². The lowest BCUT2D eigenvalue weighted by Crippen LogP contribution is -2.42. The van der Waals surface area contributed by atoms with E-state index in [2.05, 4.69) is 18.3 Å². The third-order valence-electron chi connectivity index (χ3n) is 3.78. The van der Waals surface area contributed by atoms with Gasteiger partial charge in [0.05, 0.1) is 12.2 Å². The van der Waals surface area contributed by atoms with Crippen LogP contribution in [0.4, 0.5) is 0 Å². The Labute approximate surface area is 106 Å². The van der Waals surface area contributed by atoms with Crippen LogP contribution in [0.3, 0.4) is 0 Å². The van der Waals surface area contributed by atoms with Crippen molar-refractivity contribution in [1.29, 1.82) is 5.26 Å². The van der Waals surface area contributed by atoms with Gasteiger partial charge in [0.25, 0.3) is 0 Å². The Bertz CT molecular complexity index is 261. The molecule has 0 amide bonds. The zero-order chi connectivity index (χ0) is 12.7. The van der Waals surface area contributed by atoms with Crippen LogP contribution in [0.1, 0.15) is 52.9 Å². The third-order valence-corrected chi connectivity index (χ3v) is 3.78. The Morgan fingerprint density at radius 3 is 2.71 bits per heavy atom. The van der Waals surface area contributed by atoms with Gasteiger partial charge in [-0.15, -0.1) is 0 Å². The molecule has 3 nitrogen and oxygen atoms in total. The maximum Gasteiger partial charge on any atom is 0.106 e. The summed E-state index contributed by atoms with van der Waals surface area (Å²) in [6.07, 6.45) is 6.28. The molecule has 0 aromatic rings. The summed E-state index contributed by atoms with van der Waals surface area (Å²) in [4.78, 5) is 0. The average molecular weight is 238 g/mol. The van der Waals surface area contributed by atoms with Gasteiger partial charge in [0.15, 0.2) is 0 Å². The highest BCUT2D eigenvalue weighted by atomic mass is 16.5. The Morgan fingerprint density at radius 1 is 1.41 bits per heavy atom. The van der Waals surface area contributed by atoms with Gasteiger partial charge in [0.2, 0.25) is 0 Å². The molecular formula is C14H26N2O. The normalized spacial score (nSPS) is 28.4. The standard InChI is InChI=1S/C14H26N2O/c1-4-16-14(3,11-15)9-10-17-13-8-6-5-7-12(13)2/h12-13,16H,4-10H2,1-3H3. The van der Waals surface area contributed by atoms with Gasteiger partial charge in [-0.3, -0.25) is 5.32 Å². The molecule has 1 N–H and O–H groups in total. The Morgan fingerprint density at radius 2 is 2.12 bits per heavy atom. The molecule has 0 spiro atoms. The van der Waals surface area contributed by atoms with E-state index in [-0.39, 0.29) is 0 Å². The molecule has 0 heterocycles. The van der Waals surface area contributed by atoms with E-state index >= 15 is 0 Å². The highest BCUT2D eigenvalue weighted by Gasteiger charge is 2.25. The molecule has 1 aliphatic rings. The van der Waals surface area contributed by atoms with Crippen molar-refractivity contribution < 1.29 is 4.74 Å². The monoisotopic (exact) mass is 238 g/mol. The van der Waals surface area contributed by atoms with E-state index in [1.54, 1.807) is 0 Å². The van der Waals surface area contributed by atoms with Crippen molar-refractivity contribution in [3.05, 3.63) is 0 Å². The number of nitriles is 1. The number of hydrogen-bond donors (Lipinski definition) is 1. The van der Waals surface area contributed by atoms with E-state index in [4.69, 9.17) is 10.00 Å². The van der Waals surface area contributed by atoms with Crippen LogP contribution in [0.25, 0.3) is 0 Å². The molecule has 3 heteroatoms. The first kappa shape index (κ1) is 14.5. The molecule has 1 fully saturated rings. The van der Waals surface area contributed by atoms with E-state index < -0.39 is 5.54 Å². The predicted molar refractivity (Wildman–Crippen MR) is 69.7 cm³/mol. The second-order valence-electron chi connectivity index (χ2n) is 5.40. The Balaban J connectivity index is 2.28. The van der Waals surface area contributed by atoms with Crippen LogP contribution in [0, 0.1) is 17.2 Å². The van der Waals surface area contributed by atoms with Gasteiger partial charge in [-0.2, -0.15) is 5.26 Å². The summed E-state index contributed by atoms with van der Waals surface area (Å²) in [6.45, 7) is 7.76. The fourth-order valence-corrected chi connectivity index (χ4v) is 2.52. The highest BCUT2D eigenvalue weighted by Crippen LogP contribution is 2.26. The second-order valence-corrected chi connectivity index (χ2v) is 5.40. The molecular weight excluding hydrogens is 212 g/mol. The summed E-state index contributed by atoms with van der Waals surface area (Å²) in [6, 6.07) is 2.34. The molecule has 1 aliphatic carbocycles. The summed E-state index contributed by atoms with van der Waals surface area (Å²) >= 11 is 0. The quantitative estimate of drug-likeness (QED) is 0.774. The minimum Gasteiger partial charge on any atom is -0.378 e. The van der Waals surface area contributed by atoms with Crippen LogP contribution in [0.5, 0.6) is 0 Å². The van der Waals surface area contributed by atoms with Gasteiger partial charge < -0.3 is 4.74 Å². The summed E-state index contributed by atoms with van der Waals surface area (Å²) in [7, 11) is 0. The first-order valence-electron chi connectivity index (χ1n) is 6.89. The molecule has 3 atom stereocenters. The zero-order valence-corrected chi connectivity index (χ0v) is 11.5. The predicted octanol–water partition coefficient (Wildman–Crippen LogP) is 2.86. The minimum absolute atomic E-state index is 0.410. The van der Waals surface area contributed by atoms with Crippen molar-refractivity contribution >= 4 is 0 Å². The first-order valence-corrected chi connectivity index (χ1v) is 6.89. The lowest BCUT2D eigenvalue weighted by Gasteiger charge is -2.30. The molecule has 0 aliphatic heterocycles. The van der Waals surface area contributed by atoms with Gasteiger partial charge >= 0.3 is 0 Å². The van der Waals surface area contributed by atoms with Crippen molar-refractivity contribution in [3.63, 3.8) is 0 Å². The number of hydrogen-bond acceptors (Lipinski definition) is 3.